The van der Waals surface area contributed by atoms with Crippen LogP contribution in [0.2, 0.25) is 5.02 Å². The largest absolute Gasteiger partial charge is 0.399 e. The summed E-state index contributed by atoms with van der Waals surface area (Å²) in [6.07, 6.45) is 0. The summed E-state index contributed by atoms with van der Waals surface area (Å²) in [5, 5.41) is 0.592. The summed E-state index contributed by atoms with van der Waals surface area (Å²) in [4.78, 5) is 0. The molecule has 1 rings (SSSR count). The van der Waals surface area contributed by atoms with Gasteiger partial charge >= 0.3 is 0 Å². The van der Waals surface area contributed by atoms with Gasteiger partial charge in [0.15, 0.2) is 0 Å². The second-order valence-corrected chi connectivity index (χ2v) is 2.62. The minimum atomic E-state index is 0.541. The highest BCUT2D eigenvalue weighted by molar-refractivity contribution is 6.33. The Balaban J connectivity index is 3.31. The zero-order valence-corrected chi connectivity index (χ0v) is 6.44. The van der Waals surface area contributed by atoms with Crippen LogP contribution in [0.25, 0.3) is 0 Å². The number of hydrogen-bond donors (Lipinski definition) is 2. The molecule has 0 atom stereocenters. The standard InChI is InChI=1S/C7H9ClN2/c1-4-2-5(9)3-6(10)7(4)8/h2-3H,9-10H2,1H3. The molecule has 1 aromatic carbocycles. The van der Waals surface area contributed by atoms with E-state index in [9.17, 15) is 0 Å². The molecule has 0 aliphatic carbocycles. The highest BCUT2D eigenvalue weighted by Crippen LogP contribution is 2.25. The van der Waals surface area contributed by atoms with Crippen LogP contribution in [0.5, 0.6) is 0 Å². The minimum absolute atomic E-state index is 0.541. The summed E-state index contributed by atoms with van der Waals surface area (Å²) in [7, 11) is 0. The molecule has 3 heteroatoms. The molecule has 0 heterocycles. The van der Waals surface area contributed by atoms with E-state index >= 15 is 0 Å². The van der Waals surface area contributed by atoms with Crippen LogP contribution in [0.1, 0.15) is 5.56 Å². The van der Waals surface area contributed by atoms with Crippen LogP contribution < -0.4 is 11.5 Å². The van der Waals surface area contributed by atoms with Crippen molar-refractivity contribution in [2.45, 2.75) is 6.92 Å². The average Bonchev–Trinajstić information content (AvgIpc) is 1.82. The monoisotopic (exact) mass is 156 g/mol. The predicted octanol–water partition coefficient (Wildman–Crippen LogP) is 1.81. The molecular weight excluding hydrogens is 148 g/mol. The van der Waals surface area contributed by atoms with E-state index in [1.165, 1.54) is 0 Å². The fraction of sp³-hybridized carbons (Fsp3) is 0.143. The van der Waals surface area contributed by atoms with Crippen molar-refractivity contribution in [1.82, 2.24) is 0 Å². The quantitative estimate of drug-likeness (QED) is 0.563. The van der Waals surface area contributed by atoms with Gasteiger partial charge < -0.3 is 11.5 Å². The van der Waals surface area contributed by atoms with E-state index < -0.39 is 0 Å². The summed E-state index contributed by atoms with van der Waals surface area (Å²) in [6.45, 7) is 1.87. The first-order valence-corrected chi connectivity index (χ1v) is 3.30. The normalized spacial score (nSPS) is 9.80. The molecule has 0 radical (unpaired) electrons. The first-order chi connectivity index (χ1) is 4.61. The molecule has 0 aliphatic heterocycles. The van der Waals surface area contributed by atoms with Crippen molar-refractivity contribution >= 4 is 23.0 Å². The number of nitrogen functional groups attached to an aromatic ring is 2. The van der Waals surface area contributed by atoms with E-state index in [4.69, 9.17) is 23.1 Å². The number of halogens is 1. The van der Waals surface area contributed by atoms with Crippen LogP contribution >= 0.6 is 11.6 Å². The Labute approximate surface area is 64.8 Å². The van der Waals surface area contributed by atoms with E-state index in [0.717, 1.165) is 5.56 Å². The van der Waals surface area contributed by atoms with Crippen LogP contribution in [0.3, 0.4) is 0 Å². The van der Waals surface area contributed by atoms with Crippen LogP contribution in [-0.4, -0.2) is 0 Å². The number of benzene rings is 1. The number of hydrogen-bond acceptors (Lipinski definition) is 2. The first kappa shape index (κ1) is 7.22. The van der Waals surface area contributed by atoms with E-state index in [-0.39, 0.29) is 0 Å². The lowest BCUT2D eigenvalue weighted by Gasteiger charge is -2.02. The van der Waals surface area contributed by atoms with Crippen molar-refractivity contribution in [2.75, 3.05) is 11.5 Å². The second-order valence-electron chi connectivity index (χ2n) is 2.24. The van der Waals surface area contributed by atoms with E-state index in [1.807, 2.05) is 6.92 Å². The zero-order chi connectivity index (χ0) is 7.72. The van der Waals surface area contributed by atoms with Crippen molar-refractivity contribution < 1.29 is 0 Å². The zero-order valence-electron chi connectivity index (χ0n) is 5.69. The Morgan fingerprint density at radius 3 is 2.40 bits per heavy atom. The molecule has 1 aromatic rings. The summed E-state index contributed by atoms with van der Waals surface area (Å²) in [5.74, 6) is 0. The second kappa shape index (κ2) is 2.39. The molecule has 0 bridgehead atoms. The molecule has 2 nitrogen and oxygen atoms in total. The highest BCUT2D eigenvalue weighted by Gasteiger charge is 1.99. The molecule has 0 aliphatic rings. The molecule has 4 N–H and O–H groups in total. The Kier molecular flexibility index (Phi) is 1.72. The Hall–Kier alpha value is -0.890. The topological polar surface area (TPSA) is 52.0 Å². The fourth-order valence-corrected chi connectivity index (χ4v) is 0.935. The summed E-state index contributed by atoms with van der Waals surface area (Å²) < 4.78 is 0. The number of anilines is 2. The van der Waals surface area contributed by atoms with Crippen molar-refractivity contribution in [2.24, 2.45) is 0 Å². The first-order valence-electron chi connectivity index (χ1n) is 2.92. The minimum Gasteiger partial charge on any atom is -0.399 e. The van der Waals surface area contributed by atoms with Gasteiger partial charge in [0.25, 0.3) is 0 Å². The summed E-state index contributed by atoms with van der Waals surface area (Å²) in [5.41, 5.74) is 13.1. The molecule has 0 unspecified atom stereocenters. The number of nitrogens with two attached hydrogens (primary N) is 2. The van der Waals surface area contributed by atoms with Gasteiger partial charge in [-0.05, 0) is 24.6 Å². The maximum Gasteiger partial charge on any atom is 0.0666 e. The molecular formula is C7H9ClN2. The molecule has 0 spiro atoms. The SMILES string of the molecule is Cc1cc(N)cc(N)c1Cl. The third kappa shape index (κ3) is 1.16. The van der Waals surface area contributed by atoms with Gasteiger partial charge in [-0.3, -0.25) is 0 Å². The van der Waals surface area contributed by atoms with Gasteiger partial charge in [0.1, 0.15) is 0 Å². The van der Waals surface area contributed by atoms with Crippen molar-refractivity contribution in [1.29, 1.82) is 0 Å². The summed E-state index contributed by atoms with van der Waals surface area (Å²) in [6, 6.07) is 3.44. The molecule has 0 saturated carbocycles. The molecule has 0 saturated heterocycles. The Morgan fingerprint density at radius 2 is 1.90 bits per heavy atom. The van der Waals surface area contributed by atoms with Gasteiger partial charge in [-0.2, -0.15) is 0 Å². The molecule has 10 heavy (non-hydrogen) atoms. The Bertz CT molecular complexity index is 235. The molecule has 0 amide bonds. The molecule has 0 fully saturated rings. The predicted molar refractivity (Wildman–Crippen MR) is 45.0 cm³/mol. The van der Waals surface area contributed by atoms with Gasteiger partial charge in [-0.15, -0.1) is 0 Å². The molecule has 0 aromatic heterocycles. The lowest BCUT2D eigenvalue weighted by molar-refractivity contribution is 1.47. The number of rotatable bonds is 0. The van der Waals surface area contributed by atoms with E-state index in [1.54, 1.807) is 12.1 Å². The maximum absolute atomic E-state index is 5.77. The third-order valence-electron chi connectivity index (χ3n) is 1.31. The van der Waals surface area contributed by atoms with E-state index in [2.05, 4.69) is 0 Å². The fourth-order valence-electron chi connectivity index (χ4n) is 0.826. The van der Waals surface area contributed by atoms with Crippen molar-refractivity contribution in [3.63, 3.8) is 0 Å². The van der Waals surface area contributed by atoms with Gasteiger partial charge in [0, 0.05) is 5.69 Å². The summed E-state index contributed by atoms with van der Waals surface area (Å²) >= 11 is 5.77. The maximum atomic E-state index is 5.77. The number of aryl methyl sites for hydroxylation is 1. The van der Waals surface area contributed by atoms with Crippen molar-refractivity contribution in [3.05, 3.63) is 22.7 Å². The average molecular weight is 157 g/mol. The smallest absolute Gasteiger partial charge is 0.0666 e. The highest BCUT2D eigenvalue weighted by atomic mass is 35.5. The lowest BCUT2D eigenvalue weighted by Crippen LogP contribution is -1.92. The van der Waals surface area contributed by atoms with Crippen LogP contribution in [0.4, 0.5) is 11.4 Å². The van der Waals surface area contributed by atoms with Crippen LogP contribution in [0, 0.1) is 6.92 Å². The van der Waals surface area contributed by atoms with Gasteiger partial charge in [-0.25, -0.2) is 0 Å². The van der Waals surface area contributed by atoms with Crippen molar-refractivity contribution in [3.8, 4) is 0 Å². The van der Waals surface area contributed by atoms with Gasteiger partial charge in [-0.1, -0.05) is 11.6 Å². The van der Waals surface area contributed by atoms with E-state index in [0.29, 0.717) is 16.4 Å². The Morgan fingerprint density at radius 1 is 1.30 bits per heavy atom. The molecule has 54 valence electrons. The van der Waals surface area contributed by atoms with Crippen LogP contribution in [-0.2, 0) is 0 Å². The van der Waals surface area contributed by atoms with Crippen LogP contribution in [0.15, 0.2) is 12.1 Å². The van der Waals surface area contributed by atoms with Gasteiger partial charge in [0.05, 0.1) is 10.7 Å². The lowest BCUT2D eigenvalue weighted by atomic mass is 10.2. The van der Waals surface area contributed by atoms with Gasteiger partial charge in [0.2, 0.25) is 0 Å². The third-order valence-corrected chi connectivity index (χ3v) is 1.82.